The van der Waals surface area contributed by atoms with Gasteiger partial charge >= 0.3 is 0 Å². The molecule has 0 aliphatic carbocycles. The molecule has 2 heterocycles. The van der Waals surface area contributed by atoms with Crippen molar-refractivity contribution in [3.8, 4) is 6.07 Å². The summed E-state index contributed by atoms with van der Waals surface area (Å²) in [6.45, 7) is 1.28. The van der Waals surface area contributed by atoms with Gasteiger partial charge in [-0.15, -0.1) is 0 Å². The van der Waals surface area contributed by atoms with Crippen LogP contribution >= 0.6 is 0 Å². The van der Waals surface area contributed by atoms with Crippen molar-refractivity contribution in [3.05, 3.63) is 47.8 Å². The monoisotopic (exact) mass is 227 g/mol. The van der Waals surface area contributed by atoms with Crippen molar-refractivity contribution in [2.24, 2.45) is 7.05 Å². The first-order chi connectivity index (χ1) is 8.31. The number of nitriles is 1. The highest BCUT2D eigenvalue weighted by molar-refractivity contribution is 5.30. The molecule has 2 rings (SSSR count). The standard InChI is InChI=1S/C12H13N5/c1-17-6-5-16-12(17)9-14-8-10-3-2-4-15-11(10)7-13/h2-6,14H,8-9H2,1H3. The first kappa shape index (κ1) is 11.3. The Morgan fingerprint density at radius 1 is 1.35 bits per heavy atom. The van der Waals surface area contributed by atoms with Crippen molar-refractivity contribution in [1.29, 1.82) is 5.26 Å². The number of rotatable bonds is 4. The number of aryl methyl sites for hydroxylation is 1. The fraction of sp³-hybridized carbons (Fsp3) is 0.250. The summed E-state index contributed by atoms with van der Waals surface area (Å²) >= 11 is 0. The molecule has 0 radical (unpaired) electrons. The summed E-state index contributed by atoms with van der Waals surface area (Å²) < 4.78 is 1.96. The molecule has 1 N–H and O–H groups in total. The van der Waals surface area contributed by atoms with E-state index in [1.54, 1.807) is 12.4 Å². The molecule has 0 saturated heterocycles. The van der Waals surface area contributed by atoms with Gasteiger partial charge < -0.3 is 9.88 Å². The lowest BCUT2D eigenvalue weighted by Gasteiger charge is -2.05. The number of nitrogens with one attached hydrogen (secondary N) is 1. The van der Waals surface area contributed by atoms with Crippen LogP contribution in [0, 0.1) is 11.3 Å². The number of hydrogen-bond acceptors (Lipinski definition) is 4. The summed E-state index contributed by atoms with van der Waals surface area (Å²) in [6, 6.07) is 5.81. The number of hydrogen-bond donors (Lipinski definition) is 1. The van der Waals surface area contributed by atoms with Gasteiger partial charge in [0.15, 0.2) is 0 Å². The van der Waals surface area contributed by atoms with Crippen molar-refractivity contribution in [2.75, 3.05) is 0 Å². The molecule has 0 unspecified atom stereocenters. The molecule has 5 heteroatoms. The Labute approximate surface area is 99.7 Å². The Balaban J connectivity index is 1.95. The molecule has 5 nitrogen and oxygen atoms in total. The smallest absolute Gasteiger partial charge is 0.144 e. The van der Waals surface area contributed by atoms with Crippen molar-refractivity contribution < 1.29 is 0 Å². The van der Waals surface area contributed by atoms with Gasteiger partial charge in [0.1, 0.15) is 17.6 Å². The quantitative estimate of drug-likeness (QED) is 0.845. The third-order valence-corrected chi connectivity index (χ3v) is 2.52. The first-order valence-corrected chi connectivity index (χ1v) is 5.32. The highest BCUT2D eigenvalue weighted by atomic mass is 15.1. The SMILES string of the molecule is Cn1ccnc1CNCc1cccnc1C#N. The molecule has 0 aliphatic heterocycles. The van der Waals surface area contributed by atoms with E-state index in [2.05, 4.69) is 21.4 Å². The summed E-state index contributed by atoms with van der Waals surface area (Å²) in [5.74, 6) is 0.965. The van der Waals surface area contributed by atoms with Gasteiger partial charge in [0.25, 0.3) is 0 Å². The Bertz CT molecular complexity index is 538. The molecule has 17 heavy (non-hydrogen) atoms. The van der Waals surface area contributed by atoms with E-state index in [9.17, 15) is 0 Å². The molecular formula is C12H13N5. The minimum Gasteiger partial charge on any atom is -0.337 e. The van der Waals surface area contributed by atoms with Gasteiger partial charge in [0.05, 0.1) is 6.54 Å². The normalized spacial score (nSPS) is 10.1. The van der Waals surface area contributed by atoms with Crippen molar-refractivity contribution >= 4 is 0 Å². The second kappa shape index (κ2) is 5.23. The first-order valence-electron chi connectivity index (χ1n) is 5.32. The third-order valence-electron chi connectivity index (χ3n) is 2.52. The number of aromatic nitrogens is 3. The Kier molecular flexibility index (Phi) is 3.48. The van der Waals surface area contributed by atoms with Crippen LogP contribution in [0.15, 0.2) is 30.7 Å². The van der Waals surface area contributed by atoms with Crippen molar-refractivity contribution in [2.45, 2.75) is 13.1 Å². The molecule has 2 aromatic heterocycles. The highest BCUT2D eigenvalue weighted by Gasteiger charge is 2.03. The molecule has 0 aromatic carbocycles. The van der Waals surface area contributed by atoms with Crippen molar-refractivity contribution in [3.63, 3.8) is 0 Å². The van der Waals surface area contributed by atoms with E-state index < -0.39 is 0 Å². The van der Waals surface area contributed by atoms with E-state index in [1.807, 2.05) is 29.9 Å². The molecule has 86 valence electrons. The minimum absolute atomic E-state index is 0.472. The second-order valence-corrected chi connectivity index (χ2v) is 3.68. The van der Waals surface area contributed by atoms with Crippen LogP contribution in [-0.2, 0) is 20.1 Å². The third kappa shape index (κ3) is 2.68. The molecule has 0 aliphatic rings. The van der Waals surface area contributed by atoms with Crippen LogP contribution in [0.5, 0.6) is 0 Å². The lowest BCUT2D eigenvalue weighted by atomic mass is 10.2. The molecule has 0 atom stereocenters. The minimum atomic E-state index is 0.472. The highest BCUT2D eigenvalue weighted by Crippen LogP contribution is 2.03. The fourth-order valence-corrected chi connectivity index (χ4v) is 1.56. The maximum atomic E-state index is 8.89. The summed E-state index contributed by atoms with van der Waals surface area (Å²) in [7, 11) is 1.95. The molecule has 0 amide bonds. The molecular weight excluding hydrogens is 214 g/mol. The Morgan fingerprint density at radius 3 is 2.94 bits per heavy atom. The van der Waals surface area contributed by atoms with Crippen LogP contribution in [0.1, 0.15) is 17.1 Å². The van der Waals surface area contributed by atoms with Crippen LogP contribution < -0.4 is 5.32 Å². The predicted octanol–water partition coefficient (Wildman–Crippen LogP) is 0.977. The lowest BCUT2D eigenvalue weighted by Crippen LogP contribution is -2.16. The van der Waals surface area contributed by atoms with Crippen molar-refractivity contribution in [1.82, 2.24) is 19.9 Å². The van der Waals surface area contributed by atoms with Crippen LogP contribution in [-0.4, -0.2) is 14.5 Å². The van der Waals surface area contributed by atoms with Gasteiger partial charge in [-0.2, -0.15) is 5.26 Å². The van der Waals surface area contributed by atoms with Crippen LogP contribution in [0.4, 0.5) is 0 Å². The number of nitrogens with zero attached hydrogens (tertiary/aromatic N) is 4. The van der Waals surface area contributed by atoms with E-state index in [1.165, 1.54) is 0 Å². The zero-order valence-electron chi connectivity index (χ0n) is 9.59. The number of imidazole rings is 1. The molecule has 0 bridgehead atoms. The fourth-order valence-electron chi connectivity index (χ4n) is 1.56. The Morgan fingerprint density at radius 2 is 2.24 bits per heavy atom. The topological polar surface area (TPSA) is 66.5 Å². The van der Waals surface area contributed by atoms with Gasteiger partial charge in [-0.1, -0.05) is 6.07 Å². The molecule has 0 fully saturated rings. The van der Waals surface area contributed by atoms with Gasteiger partial charge in [0, 0.05) is 37.7 Å². The average molecular weight is 227 g/mol. The zero-order valence-corrected chi connectivity index (χ0v) is 9.59. The summed E-state index contributed by atoms with van der Waals surface area (Å²) in [6.07, 6.45) is 5.30. The lowest BCUT2D eigenvalue weighted by molar-refractivity contribution is 0.637. The van der Waals surface area contributed by atoms with E-state index in [0.717, 1.165) is 11.4 Å². The predicted molar refractivity (Wildman–Crippen MR) is 62.7 cm³/mol. The number of pyridine rings is 1. The van der Waals surface area contributed by atoms with Gasteiger partial charge in [-0.25, -0.2) is 9.97 Å². The van der Waals surface area contributed by atoms with E-state index >= 15 is 0 Å². The van der Waals surface area contributed by atoms with E-state index in [4.69, 9.17) is 5.26 Å². The largest absolute Gasteiger partial charge is 0.337 e. The molecule has 0 saturated carbocycles. The summed E-state index contributed by atoms with van der Waals surface area (Å²) in [4.78, 5) is 8.22. The maximum absolute atomic E-state index is 8.89. The van der Waals surface area contributed by atoms with Crippen LogP contribution in [0.25, 0.3) is 0 Å². The maximum Gasteiger partial charge on any atom is 0.144 e. The van der Waals surface area contributed by atoms with Gasteiger partial charge in [-0.3, -0.25) is 0 Å². The zero-order chi connectivity index (χ0) is 12.1. The molecule has 2 aromatic rings. The van der Waals surface area contributed by atoms with Gasteiger partial charge in [-0.05, 0) is 6.07 Å². The summed E-state index contributed by atoms with van der Waals surface area (Å²) in [5.41, 5.74) is 1.38. The Hall–Kier alpha value is -2.19. The average Bonchev–Trinajstić information content (AvgIpc) is 2.76. The summed E-state index contributed by atoms with van der Waals surface area (Å²) in [5, 5.41) is 12.1. The van der Waals surface area contributed by atoms with Crippen LogP contribution in [0.2, 0.25) is 0 Å². The second-order valence-electron chi connectivity index (χ2n) is 3.68. The van der Waals surface area contributed by atoms with Gasteiger partial charge in [0.2, 0.25) is 0 Å². The van der Waals surface area contributed by atoms with E-state index in [-0.39, 0.29) is 0 Å². The molecule has 0 spiro atoms. The van der Waals surface area contributed by atoms with Crippen LogP contribution in [0.3, 0.4) is 0 Å². The van der Waals surface area contributed by atoms with E-state index in [0.29, 0.717) is 18.8 Å².